The molecule has 0 unspecified atom stereocenters. The van der Waals surface area contributed by atoms with Gasteiger partial charge in [-0.3, -0.25) is 0 Å². The van der Waals surface area contributed by atoms with E-state index in [4.69, 9.17) is 5.73 Å². The lowest BCUT2D eigenvalue weighted by Crippen LogP contribution is -2.19. The quantitative estimate of drug-likeness (QED) is 0.730. The van der Waals surface area contributed by atoms with E-state index < -0.39 is 0 Å². The molecule has 0 radical (unpaired) electrons. The average Bonchev–Trinajstić information content (AvgIpc) is 2.43. The molecule has 1 aromatic heterocycles. The van der Waals surface area contributed by atoms with Crippen LogP contribution in [-0.4, -0.2) is 9.55 Å². The van der Waals surface area contributed by atoms with Crippen molar-refractivity contribution in [2.75, 3.05) is 0 Å². The van der Waals surface area contributed by atoms with E-state index in [1.807, 2.05) is 12.4 Å². The maximum Gasteiger partial charge on any atom is 0.122 e. The Balaban J connectivity index is 2.00. The molecule has 66 valence electrons. The Bertz CT molecular complexity index is 250. The Labute approximate surface area is 72.6 Å². The summed E-state index contributed by atoms with van der Waals surface area (Å²) in [6, 6.07) is 0. The highest BCUT2D eigenvalue weighted by atomic mass is 15.1. The molecule has 1 aromatic rings. The predicted molar refractivity (Wildman–Crippen MR) is 47.5 cm³/mol. The van der Waals surface area contributed by atoms with Gasteiger partial charge in [0, 0.05) is 18.9 Å². The summed E-state index contributed by atoms with van der Waals surface area (Å²) in [6.45, 7) is 1.67. The number of hydrogen-bond donors (Lipinski definition) is 1. The molecule has 0 bridgehead atoms. The fourth-order valence-corrected chi connectivity index (χ4v) is 1.65. The molecule has 1 heterocycles. The maximum atomic E-state index is 5.55. The number of rotatable bonds is 3. The van der Waals surface area contributed by atoms with Gasteiger partial charge in [0.05, 0.1) is 6.54 Å². The van der Waals surface area contributed by atoms with Crippen molar-refractivity contribution in [2.45, 2.75) is 32.4 Å². The third kappa shape index (κ3) is 1.37. The largest absolute Gasteiger partial charge is 0.334 e. The van der Waals surface area contributed by atoms with E-state index in [1.54, 1.807) is 0 Å². The third-order valence-electron chi connectivity index (χ3n) is 2.66. The molecular formula is C9H15N3. The third-order valence-corrected chi connectivity index (χ3v) is 2.66. The van der Waals surface area contributed by atoms with Crippen molar-refractivity contribution in [1.29, 1.82) is 0 Å². The summed E-state index contributed by atoms with van der Waals surface area (Å²) in [5.41, 5.74) is 5.55. The molecule has 2 N–H and O–H groups in total. The summed E-state index contributed by atoms with van der Waals surface area (Å²) in [5, 5.41) is 0. The van der Waals surface area contributed by atoms with E-state index in [-0.39, 0.29) is 0 Å². The number of imidazole rings is 1. The minimum atomic E-state index is 0.555. The van der Waals surface area contributed by atoms with Crippen LogP contribution in [0.2, 0.25) is 0 Å². The monoisotopic (exact) mass is 165 g/mol. The molecule has 3 heteroatoms. The number of nitrogens with two attached hydrogens (primary N) is 1. The van der Waals surface area contributed by atoms with Crippen molar-refractivity contribution >= 4 is 0 Å². The molecule has 0 amide bonds. The van der Waals surface area contributed by atoms with Gasteiger partial charge >= 0.3 is 0 Å². The van der Waals surface area contributed by atoms with E-state index in [9.17, 15) is 0 Å². The van der Waals surface area contributed by atoms with Gasteiger partial charge in [0.1, 0.15) is 5.82 Å². The van der Waals surface area contributed by atoms with Crippen LogP contribution in [0.5, 0.6) is 0 Å². The summed E-state index contributed by atoms with van der Waals surface area (Å²) in [4.78, 5) is 4.18. The van der Waals surface area contributed by atoms with E-state index in [1.165, 1.54) is 19.3 Å². The van der Waals surface area contributed by atoms with Crippen LogP contribution in [0.3, 0.4) is 0 Å². The van der Waals surface area contributed by atoms with Crippen molar-refractivity contribution in [3.8, 4) is 0 Å². The maximum absolute atomic E-state index is 5.55. The molecular weight excluding hydrogens is 150 g/mol. The fourth-order valence-electron chi connectivity index (χ4n) is 1.65. The van der Waals surface area contributed by atoms with Gasteiger partial charge in [-0.15, -0.1) is 0 Å². The zero-order valence-electron chi connectivity index (χ0n) is 7.24. The van der Waals surface area contributed by atoms with Gasteiger partial charge in [0.25, 0.3) is 0 Å². The average molecular weight is 165 g/mol. The lowest BCUT2D eigenvalue weighted by Gasteiger charge is -2.26. The predicted octanol–water partition coefficient (Wildman–Crippen LogP) is 1.14. The first-order chi connectivity index (χ1) is 5.90. The van der Waals surface area contributed by atoms with Crippen molar-refractivity contribution in [1.82, 2.24) is 9.55 Å². The second-order valence-electron chi connectivity index (χ2n) is 3.50. The van der Waals surface area contributed by atoms with Crippen LogP contribution in [0.4, 0.5) is 0 Å². The lowest BCUT2D eigenvalue weighted by atomic mass is 9.85. The molecule has 1 aliphatic carbocycles. The molecule has 2 rings (SSSR count). The Hall–Kier alpha value is -0.830. The Morgan fingerprint density at radius 3 is 3.00 bits per heavy atom. The lowest BCUT2D eigenvalue weighted by molar-refractivity contribution is 0.274. The van der Waals surface area contributed by atoms with E-state index >= 15 is 0 Å². The van der Waals surface area contributed by atoms with Crippen LogP contribution >= 0.6 is 0 Å². The summed E-state index contributed by atoms with van der Waals surface area (Å²) in [6.07, 6.45) is 8.02. The minimum Gasteiger partial charge on any atom is -0.334 e. The molecule has 0 saturated heterocycles. The first-order valence-corrected chi connectivity index (χ1v) is 4.60. The van der Waals surface area contributed by atoms with Crippen LogP contribution < -0.4 is 5.73 Å². The Morgan fingerprint density at radius 2 is 2.42 bits per heavy atom. The van der Waals surface area contributed by atoms with Crippen LogP contribution in [0.25, 0.3) is 0 Å². The molecule has 1 saturated carbocycles. The van der Waals surface area contributed by atoms with Crippen molar-refractivity contribution in [3.63, 3.8) is 0 Å². The summed E-state index contributed by atoms with van der Waals surface area (Å²) in [5.74, 6) is 1.89. The molecule has 12 heavy (non-hydrogen) atoms. The molecule has 1 fully saturated rings. The van der Waals surface area contributed by atoms with E-state index in [2.05, 4.69) is 9.55 Å². The second kappa shape index (κ2) is 3.27. The zero-order valence-corrected chi connectivity index (χ0v) is 7.24. The topological polar surface area (TPSA) is 43.8 Å². The Morgan fingerprint density at radius 1 is 1.58 bits per heavy atom. The smallest absolute Gasteiger partial charge is 0.122 e. The van der Waals surface area contributed by atoms with Crippen LogP contribution in [0.1, 0.15) is 25.1 Å². The van der Waals surface area contributed by atoms with Crippen molar-refractivity contribution in [3.05, 3.63) is 18.2 Å². The van der Waals surface area contributed by atoms with Gasteiger partial charge in [-0.2, -0.15) is 0 Å². The van der Waals surface area contributed by atoms with Crippen LogP contribution in [0, 0.1) is 5.92 Å². The second-order valence-corrected chi connectivity index (χ2v) is 3.50. The van der Waals surface area contributed by atoms with E-state index in [0.717, 1.165) is 18.3 Å². The van der Waals surface area contributed by atoms with Gasteiger partial charge in [-0.25, -0.2) is 4.98 Å². The summed E-state index contributed by atoms with van der Waals surface area (Å²) < 4.78 is 2.18. The molecule has 3 nitrogen and oxygen atoms in total. The summed E-state index contributed by atoms with van der Waals surface area (Å²) in [7, 11) is 0. The van der Waals surface area contributed by atoms with Crippen molar-refractivity contribution < 1.29 is 0 Å². The highest BCUT2D eigenvalue weighted by Crippen LogP contribution is 2.27. The molecule has 0 aromatic carbocycles. The molecule has 0 spiro atoms. The zero-order chi connectivity index (χ0) is 8.39. The standard InChI is InChI=1S/C9H15N3/c10-6-9-11-4-5-12(9)7-8-2-1-3-8/h4-5,8H,1-3,6-7,10H2. The fraction of sp³-hybridized carbons (Fsp3) is 0.667. The number of nitrogens with zero attached hydrogens (tertiary/aromatic N) is 2. The van der Waals surface area contributed by atoms with Gasteiger partial charge < -0.3 is 10.3 Å². The molecule has 0 aliphatic heterocycles. The number of hydrogen-bond acceptors (Lipinski definition) is 2. The van der Waals surface area contributed by atoms with Crippen LogP contribution in [-0.2, 0) is 13.1 Å². The van der Waals surface area contributed by atoms with Crippen LogP contribution in [0.15, 0.2) is 12.4 Å². The highest BCUT2D eigenvalue weighted by molar-refractivity contribution is 4.92. The van der Waals surface area contributed by atoms with Gasteiger partial charge in [-0.05, 0) is 18.8 Å². The normalized spacial score (nSPS) is 17.8. The first-order valence-electron chi connectivity index (χ1n) is 4.60. The summed E-state index contributed by atoms with van der Waals surface area (Å²) >= 11 is 0. The number of aromatic nitrogens is 2. The SMILES string of the molecule is NCc1nccn1CC1CCC1. The molecule has 1 aliphatic rings. The van der Waals surface area contributed by atoms with Gasteiger partial charge in [-0.1, -0.05) is 6.42 Å². The molecule has 0 atom stereocenters. The van der Waals surface area contributed by atoms with E-state index in [0.29, 0.717) is 6.54 Å². The minimum absolute atomic E-state index is 0.555. The Kier molecular flexibility index (Phi) is 2.13. The highest BCUT2D eigenvalue weighted by Gasteiger charge is 2.18. The van der Waals surface area contributed by atoms with Gasteiger partial charge in [0.15, 0.2) is 0 Å². The van der Waals surface area contributed by atoms with Crippen molar-refractivity contribution in [2.24, 2.45) is 11.7 Å². The van der Waals surface area contributed by atoms with Gasteiger partial charge in [0.2, 0.25) is 0 Å². The first kappa shape index (κ1) is 7.80.